The van der Waals surface area contributed by atoms with Crippen LogP contribution in [0.25, 0.3) is 0 Å². The molecule has 2 aromatic heterocycles. The van der Waals surface area contributed by atoms with E-state index in [1.165, 1.54) is 8.66 Å². The van der Waals surface area contributed by atoms with Crippen molar-refractivity contribution >= 4 is 39.2 Å². The molecule has 0 spiro atoms. The molecule has 0 bridgehead atoms. The Morgan fingerprint density at radius 2 is 1.84 bits per heavy atom. The number of aromatic nitrogens is 3. The summed E-state index contributed by atoms with van der Waals surface area (Å²) in [5.74, 6) is 2.69. The predicted molar refractivity (Wildman–Crippen MR) is 108 cm³/mol. The van der Waals surface area contributed by atoms with Gasteiger partial charge in [0, 0.05) is 57.6 Å². The molecule has 3 rings (SSSR count). The number of piperazine rings is 1. The molecule has 8 heteroatoms. The Labute approximate surface area is 162 Å². The molecule has 3 heterocycles. The minimum atomic E-state index is 0.291. The van der Waals surface area contributed by atoms with Gasteiger partial charge >= 0.3 is 0 Å². The number of anilines is 2. The van der Waals surface area contributed by atoms with Gasteiger partial charge in [0.2, 0.25) is 11.9 Å². The fourth-order valence-electron chi connectivity index (χ4n) is 2.73. The second-order valence-electron chi connectivity index (χ2n) is 6.81. The van der Waals surface area contributed by atoms with Gasteiger partial charge in [0.1, 0.15) is 5.82 Å². The van der Waals surface area contributed by atoms with Gasteiger partial charge in [-0.25, -0.2) is 0 Å². The Hall–Kier alpha value is -1.25. The van der Waals surface area contributed by atoms with Crippen LogP contribution in [0.4, 0.5) is 11.9 Å². The van der Waals surface area contributed by atoms with Crippen LogP contribution in [-0.4, -0.2) is 60.1 Å². The molecule has 1 aliphatic heterocycles. The third-order valence-electron chi connectivity index (χ3n) is 4.21. The molecule has 6 nitrogen and oxygen atoms in total. The fraction of sp³-hybridized carbons (Fsp3) is 0.588. The van der Waals surface area contributed by atoms with Gasteiger partial charge in [-0.2, -0.15) is 15.0 Å². The van der Waals surface area contributed by atoms with Crippen LogP contribution in [-0.2, 0) is 6.54 Å². The van der Waals surface area contributed by atoms with Crippen molar-refractivity contribution in [2.75, 3.05) is 50.1 Å². The standard InChI is InChI=1S/C17H25BrN6S/c1-12(2)15-19-16(22(3)4)21-17(20-15)24-9-7-23(8-10-24)11-13-5-6-14(18)25-13/h5-6,12H,7-11H2,1-4H3. The quantitative estimate of drug-likeness (QED) is 0.734. The van der Waals surface area contributed by atoms with Crippen molar-refractivity contribution in [1.29, 1.82) is 0 Å². The first kappa shape index (κ1) is 18.5. The molecule has 25 heavy (non-hydrogen) atoms. The zero-order valence-electron chi connectivity index (χ0n) is 15.2. The Morgan fingerprint density at radius 1 is 1.12 bits per heavy atom. The summed E-state index contributed by atoms with van der Waals surface area (Å²) < 4.78 is 1.20. The molecule has 136 valence electrons. The smallest absolute Gasteiger partial charge is 0.230 e. The van der Waals surface area contributed by atoms with Gasteiger partial charge < -0.3 is 9.80 Å². The summed E-state index contributed by atoms with van der Waals surface area (Å²) in [6.45, 7) is 9.19. The maximum atomic E-state index is 4.71. The molecule has 0 aliphatic carbocycles. The molecule has 0 radical (unpaired) electrons. The maximum Gasteiger partial charge on any atom is 0.230 e. The average molecular weight is 425 g/mol. The number of thiophene rings is 1. The third-order valence-corrected chi connectivity index (χ3v) is 5.82. The van der Waals surface area contributed by atoms with Crippen LogP contribution >= 0.6 is 27.3 Å². The van der Waals surface area contributed by atoms with Gasteiger partial charge in [0.15, 0.2) is 0 Å². The highest BCUT2D eigenvalue weighted by atomic mass is 79.9. The lowest BCUT2D eigenvalue weighted by Crippen LogP contribution is -2.46. The summed E-state index contributed by atoms with van der Waals surface area (Å²) in [4.78, 5) is 22.0. The maximum absolute atomic E-state index is 4.71. The summed E-state index contributed by atoms with van der Waals surface area (Å²) in [7, 11) is 3.95. The lowest BCUT2D eigenvalue weighted by Gasteiger charge is -2.34. The number of hydrogen-bond donors (Lipinski definition) is 0. The number of nitrogens with zero attached hydrogens (tertiary/aromatic N) is 6. The summed E-state index contributed by atoms with van der Waals surface area (Å²) >= 11 is 5.35. The van der Waals surface area contributed by atoms with Crippen LogP contribution < -0.4 is 9.80 Å². The van der Waals surface area contributed by atoms with E-state index in [0.29, 0.717) is 5.92 Å². The van der Waals surface area contributed by atoms with Crippen LogP contribution in [0.1, 0.15) is 30.5 Å². The highest BCUT2D eigenvalue weighted by Crippen LogP contribution is 2.24. The molecule has 2 aromatic rings. The predicted octanol–water partition coefficient (Wildman–Crippen LogP) is 3.21. The van der Waals surface area contributed by atoms with Crippen LogP contribution in [0.15, 0.2) is 15.9 Å². The van der Waals surface area contributed by atoms with Crippen molar-refractivity contribution in [1.82, 2.24) is 19.9 Å². The summed E-state index contributed by atoms with van der Waals surface area (Å²) in [5.41, 5.74) is 0. The zero-order chi connectivity index (χ0) is 18.0. The lowest BCUT2D eigenvalue weighted by molar-refractivity contribution is 0.250. The second-order valence-corrected chi connectivity index (χ2v) is 9.36. The van der Waals surface area contributed by atoms with Crippen molar-refractivity contribution in [3.8, 4) is 0 Å². The first-order valence-electron chi connectivity index (χ1n) is 8.57. The molecule has 0 atom stereocenters. The van der Waals surface area contributed by atoms with Gasteiger partial charge in [0.25, 0.3) is 0 Å². The van der Waals surface area contributed by atoms with Crippen molar-refractivity contribution in [3.05, 3.63) is 26.6 Å². The third kappa shape index (κ3) is 4.68. The van der Waals surface area contributed by atoms with E-state index < -0.39 is 0 Å². The van der Waals surface area contributed by atoms with E-state index in [0.717, 1.165) is 50.4 Å². The first-order valence-corrected chi connectivity index (χ1v) is 10.2. The SMILES string of the molecule is CC(C)c1nc(N(C)C)nc(N2CCN(Cc3ccc(Br)s3)CC2)n1. The summed E-state index contributed by atoms with van der Waals surface area (Å²) in [6.07, 6.45) is 0. The van der Waals surface area contributed by atoms with E-state index in [4.69, 9.17) is 4.98 Å². The molecule has 1 saturated heterocycles. The van der Waals surface area contributed by atoms with Crippen LogP contribution in [0.2, 0.25) is 0 Å². The Bertz CT molecular complexity index is 683. The minimum absolute atomic E-state index is 0.291. The zero-order valence-corrected chi connectivity index (χ0v) is 17.6. The molecule has 0 saturated carbocycles. The van der Waals surface area contributed by atoms with E-state index in [1.54, 1.807) is 0 Å². The minimum Gasteiger partial charge on any atom is -0.347 e. The Balaban J connectivity index is 1.67. The molecule has 0 aromatic carbocycles. The molecule has 0 unspecified atom stereocenters. The van der Waals surface area contributed by atoms with Gasteiger partial charge in [-0.15, -0.1) is 11.3 Å². The number of halogens is 1. The van der Waals surface area contributed by atoms with Crippen LogP contribution in [0.5, 0.6) is 0 Å². The van der Waals surface area contributed by atoms with Crippen LogP contribution in [0, 0.1) is 0 Å². The largest absolute Gasteiger partial charge is 0.347 e. The molecule has 1 fully saturated rings. The van der Waals surface area contributed by atoms with Gasteiger partial charge in [-0.3, -0.25) is 4.90 Å². The second kappa shape index (κ2) is 7.97. The highest BCUT2D eigenvalue weighted by molar-refractivity contribution is 9.11. The molecule has 0 amide bonds. The normalized spacial score (nSPS) is 15.8. The molecular formula is C17H25BrN6S. The monoisotopic (exact) mass is 424 g/mol. The first-order chi connectivity index (χ1) is 11.9. The van der Waals surface area contributed by atoms with Crippen molar-refractivity contribution in [2.24, 2.45) is 0 Å². The topological polar surface area (TPSA) is 48.4 Å². The van der Waals surface area contributed by atoms with E-state index in [1.807, 2.05) is 30.3 Å². The highest BCUT2D eigenvalue weighted by Gasteiger charge is 2.21. The number of hydrogen-bond acceptors (Lipinski definition) is 7. The van der Waals surface area contributed by atoms with Crippen molar-refractivity contribution in [2.45, 2.75) is 26.3 Å². The summed E-state index contributed by atoms with van der Waals surface area (Å²) in [6, 6.07) is 4.32. The van der Waals surface area contributed by atoms with E-state index in [-0.39, 0.29) is 0 Å². The average Bonchev–Trinajstić information content (AvgIpc) is 3.00. The van der Waals surface area contributed by atoms with E-state index in [9.17, 15) is 0 Å². The molecule has 0 N–H and O–H groups in total. The Kier molecular flexibility index (Phi) is 5.91. The van der Waals surface area contributed by atoms with Crippen molar-refractivity contribution in [3.63, 3.8) is 0 Å². The van der Waals surface area contributed by atoms with E-state index >= 15 is 0 Å². The lowest BCUT2D eigenvalue weighted by atomic mass is 10.2. The molecule has 1 aliphatic rings. The van der Waals surface area contributed by atoms with Gasteiger partial charge in [-0.1, -0.05) is 13.8 Å². The fourth-order valence-corrected chi connectivity index (χ4v) is 4.26. The summed E-state index contributed by atoms with van der Waals surface area (Å²) in [5, 5.41) is 0. The van der Waals surface area contributed by atoms with Crippen molar-refractivity contribution < 1.29 is 0 Å². The van der Waals surface area contributed by atoms with Gasteiger partial charge in [0.05, 0.1) is 3.79 Å². The number of rotatable bonds is 5. The Morgan fingerprint density at radius 3 is 2.40 bits per heavy atom. The van der Waals surface area contributed by atoms with E-state index in [2.05, 4.69) is 61.7 Å². The van der Waals surface area contributed by atoms with Crippen LogP contribution in [0.3, 0.4) is 0 Å². The van der Waals surface area contributed by atoms with Gasteiger partial charge in [-0.05, 0) is 28.1 Å². The molecular weight excluding hydrogens is 400 g/mol.